The van der Waals surface area contributed by atoms with E-state index < -0.39 is 6.10 Å². The van der Waals surface area contributed by atoms with Gasteiger partial charge in [0, 0.05) is 41.5 Å². The summed E-state index contributed by atoms with van der Waals surface area (Å²) in [6.07, 6.45) is 4.86. The van der Waals surface area contributed by atoms with E-state index in [-0.39, 0.29) is 0 Å². The molecule has 0 saturated heterocycles. The molecule has 1 aromatic carbocycles. The van der Waals surface area contributed by atoms with Crippen LogP contribution in [0.4, 0.5) is 0 Å². The smallest absolute Gasteiger partial charge is 0.167 e. The average molecular weight is 362 g/mol. The monoisotopic (exact) mass is 362 g/mol. The van der Waals surface area contributed by atoms with Gasteiger partial charge < -0.3 is 19.9 Å². The number of hydrogen-bond acceptors (Lipinski definition) is 5. The van der Waals surface area contributed by atoms with Gasteiger partial charge in [-0.25, -0.2) is 4.98 Å². The summed E-state index contributed by atoms with van der Waals surface area (Å²) in [7, 11) is 0. The quantitative estimate of drug-likeness (QED) is 0.697. The van der Waals surface area contributed by atoms with Crippen molar-refractivity contribution < 1.29 is 9.63 Å². The molecular formula is C21H22N4O2. The van der Waals surface area contributed by atoms with E-state index in [1.54, 1.807) is 13.1 Å². The van der Waals surface area contributed by atoms with Crippen LogP contribution in [0.3, 0.4) is 0 Å². The molecule has 27 heavy (non-hydrogen) atoms. The summed E-state index contributed by atoms with van der Waals surface area (Å²) in [5, 5.41) is 13.9. The minimum absolute atomic E-state index is 0.325. The lowest BCUT2D eigenvalue weighted by Gasteiger charge is -2.27. The maximum atomic E-state index is 9.75. The molecule has 1 unspecified atom stereocenters. The predicted molar refractivity (Wildman–Crippen MR) is 101 cm³/mol. The Labute approximate surface area is 158 Å². The fourth-order valence-electron chi connectivity index (χ4n) is 3.20. The highest BCUT2D eigenvalue weighted by molar-refractivity contribution is 5.59. The van der Waals surface area contributed by atoms with Gasteiger partial charge in [-0.3, -0.25) is 0 Å². The molecule has 6 heteroatoms. The van der Waals surface area contributed by atoms with Crippen molar-refractivity contribution in [3.8, 4) is 23.2 Å². The summed E-state index contributed by atoms with van der Waals surface area (Å²) in [5.74, 6) is 8.23. The van der Waals surface area contributed by atoms with E-state index in [1.165, 1.54) is 0 Å². The van der Waals surface area contributed by atoms with Crippen LogP contribution in [0.2, 0.25) is 0 Å². The second-order valence-corrected chi connectivity index (χ2v) is 7.05. The standard InChI is InChI=1S/C21H22N4O2/c1-14(26)21-23-8-9-25(21)13-19-12-20(27-24-19)17-6-4-15(5-7-17)2-3-16-10-18(22)11-16/h4-9,12,14,16,18,26H,10-11,13,22H2,1H3/t14?,16-,18-. The molecule has 0 radical (unpaired) electrons. The number of aliphatic hydroxyl groups excluding tert-OH is 1. The van der Waals surface area contributed by atoms with Crippen LogP contribution < -0.4 is 5.73 Å². The van der Waals surface area contributed by atoms with Crippen LogP contribution in [0, 0.1) is 17.8 Å². The minimum atomic E-state index is -0.629. The number of nitrogens with zero attached hydrogens (tertiary/aromatic N) is 3. The lowest BCUT2D eigenvalue weighted by atomic mass is 9.81. The van der Waals surface area contributed by atoms with Crippen LogP contribution in [-0.2, 0) is 6.54 Å². The summed E-state index contributed by atoms with van der Waals surface area (Å²) in [6.45, 7) is 2.19. The Morgan fingerprint density at radius 2 is 2.11 bits per heavy atom. The Kier molecular flexibility index (Phi) is 4.80. The SMILES string of the molecule is CC(O)c1nccn1Cc1cc(-c2ccc(C#C[C@H]3C[C@H](N)C3)cc2)on1. The van der Waals surface area contributed by atoms with Crippen molar-refractivity contribution in [2.75, 3.05) is 0 Å². The third-order valence-electron chi connectivity index (χ3n) is 4.78. The molecule has 0 aliphatic heterocycles. The molecule has 0 spiro atoms. The van der Waals surface area contributed by atoms with Crippen molar-refractivity contribution in [2.45, 2.75) is 38.5 Å². The van der Waals surface area contributed by atoms with Gasteiger partial charge >= 0.3 is 0 Å². The Morgan fingerprint density at radius 3 is 2.81 bits per heavy atom. The Morgan fingerprint density at radius 1 is 1.33 bits per heavy atom. The number of nitrogens with two attached hydrogens (primary N) is 1. The van der Waals surface area contributed by atoms with Gasteiger partial charge in [0.05, 0.1) is 6.54 Å². The molecule has 2 aromatic heterocycles. The largest absolute Gasteiger partial charge is 0.385 e. The summed E-state index contributed by atoms with van der Waals surface area (Å²) < 4.78 is 7.34. The second-order valence-electron chi connectivity index (χ2n) is 7.05. The van der Waals surface area contributed by atoms with Crippen molar-refractivity contribution in [1.29, 1.82) is 0 Å². The van der Waals surface area contributed by atoms with E-state index in [2.05, 4.69) is 22.0 Å². The van der Waals surface area contributed by atoms with Crippen LogP contribution in [-0.4, -0.2) is 25.9 Å². The highest BCUT2D eigenvalue weighted by Gasteiger charge is 2.23. The third kappa shape index (κ3) is 3.95. The number of imidazole rings is 1. The van der Waals surface area contributed by atoms with Gasteiger partial charge in [0.25, 0.3) is 0 Å². The zero-order chi connectivity index (χ0) is 18.8. The van der Waals surface area contributed by atoms with Gasteiger partial charge in [-0.1, -0.05) is 17.0 Å². The average Bonchev–Trinajstić information content (AvgIpc) is 3.28. The van der Waals surface area contributed by atoms with Crippen molar-refractivity contribution in [3.05, 3.63) is 59.8 Å². The lowest BCUT2D eigenvalue weighted by molar-refractivity contribution is 0.184. The predicted octanol–water partition coefficient (Wildman–Crippen LogP) is 2.73. The molecule has 138 valence electrons. The molecule has 1 atom stereocenters. The van der Waals surface area contributed by atoms with Crippen LogP contribution >= 0.6 is 0 Å². The molecule has 1 aliphatic rings. The van der Waals surface area contributed by atoms with Crippen LogP contribution in [0.5, 0.6) is 0 Å². The van der Waals surface area contributed by atoms with E-state index in [0.717, 1.165) is 29.7 Å². The summed E-state index contributed by atoms with van der Waals surface area (Å²) in [5.41, 5.74) is 8.50. The summed E-state index contributed by atoms with van der Waals surface area (Å²) >= 11 is 0. The maximum absolute atomic E-state index is 9.75. The first kappa shape index (κ1) is 17.5. The molecule has 6 nitrogen and oxygen atoms in total. The van der Waals surface area contributed by atoms with Crippen molar-refractivity contribution in [2.24, 2.45) is 11.7 Å². The highest BCUT2D eigenvalue weighted by Crippen LogP contribution is 2.25. The first-order chi connectivity index (χ1) is 13.1. The van der Waals surface area contributed by atoms with Gasteiger partial charge in [0.1, 0.15) is 17.6 Å². The fraction of sp³-hybridized carbons (Fsp3) is 0.333. The molecule has 3 aromatic rings. The normalized spacial score (nSPS) is 19.8. The third-order valence-corrected chi connectivity index (χ3v) is 4.78. The van der Waals surface area contributed by atoms with Crippen LogP contribution in [0.15, 0.2) is 47.2 Å². The van der Waals surface area contributed by atoms with E-state index in [9.17, 15) is 5.11 Å². The van der Waals surface area contributed by atoms with Gasteiger partial charge in [-0.2, -0.15) is 0 Å². The maximum Gasteiger partial charge on any atom is 0.167 e. The molecular weight excluding hydrogens is 340 g/mol. The molecule has 1 aliphatic carbocycles. The number of hydrogen-bond donors (Lipinski definition) is 2. The van der Waals surface area contributed by atoms with E-state index in [4.69, 9.17) is 10.3 Å². The van der Waals surface area contributed by atoms with Crippen LogP contribution in [0.25, 0.3) is 11.3 Å². The highest BCUT2D eigenvalue weighted by atomic mass is 16.5. The van der Waals surface area contributed by atoms with Crippen molar-refractivity contribution in [1.82, 2.24) is 14.7 Å². The van der Waals surface area contributed by atoms with E-state index >= 15 is 0 Å². The zero-order valence-corrected chi connectivity index (χ0v) is 15.2. The Bertz CT molecular complexity index is 970. The van der Waals surface area contributed by atoms with Crippen molar-refractivity contribution >= 4 is 0 Å². The number of aliphatic hydroxyl groups is 1. The lowest BCUT2D eigenvalue weighted by Crippen LogP contribution is -2.35. The Balaban J connectivity index is 1.44. The van der Waals surface area contributed by atoms with Crippen LogP contribution in [0.1, 0.15) is 43.0 Å². The fourth-order valence-corrected chi connectivity index (χ4v) is 3.20. The Hall–Kier alpha value is -2.88. The number of aromatic nitrogens is 3. The molecule has 1 saturated carbocycles. The van der Waals surface area contributed by atoms with E-state index in [1.807, 2.05) is 41.1 Å². The topological polar surface area (TPSA) is 90.1 Å². The molecule has 0 amide bonds. The number of benzene rings is 1. The summed E-state index contributed by atoms with van der Waals surface area (Å²) in [6, 6.07) is 10.2. The molecule has 4 rings (SSSR count). The zero-order valence-electron chi connectivity index (χ0n) is 15.2. The van der Waals surface area contributed by atoms with Gasteiger partial charge in [-0.05, 0) is 44.0 Å². The first-order valence-corrected chi connectivity index (χ1v) is 9.10. The van der Waals surface area contributed by atoms with Crippen molar-refractivity contribution in [3.63, 3.8) is 0 Å². The van der Waals surface area contributed by atoms with Gasteiger partial charge in [0.15, 0.2) is 5.76 Å². The second kappa shape index (κ2) is 7.39. The molecule has 3 N–H and O–H groups in total. The summed E-state index contributed by atoms with van der Waals surface area (Å²) in [4.78, 5) is 4.17. The van der Waals surface area contributed by atoms with Gasteiger partial charge in [0.2, 0.25) is 0 Å². The molecule has 2 heterocycles. The first-order valence-electron chi connectivity index (χ1n) is 9.10. The molecule has 0 bridgehead atoms. The van der Waals surface area contributed by atoms with E-state index in [0.29, 0.717) is 30.1 Å². The molecule has 1 fully saturated rings. The van der Waals surface area contributed by atoms with Gasteiger partial charge in [-0.15, -0.1) is 0 Å². The minimum Gasteiger partial charge on any atom is -0.385 e. The number of rotatable bonds is 4.